The third-order valence-corrected chi connectivity index (χ3v) is 8.74. The molecule has 2 nitrogen and oxygen atoms in total. The van der Waals surface area contributed by atoms with Crippen molar-refractivity contribution < 1.29 is 29.4 Å². The maximum atomic E-state index is 10.0. The van der Waals surface area contributed by atoms with Gasteiger partial charge in [-0.05, 0) is 73.9 Å². The van der Waals surface area contributed by atoms with E-state index in [-0.39, 0.29) is 11.4 Å². The monoisotopic (exact) mass is 655 g/mol. The van der Waals surface area contributed by atoms with Gasteiger partial charge in [0.25, 0.3) is 0 Å². The summed E-state index contributed by atoms with van der Waals surface area (Å²) in [4.78, 5) is 1.07. The molecule has 0 unspecified atom stereocenters. The Morgan fingerprint density at radius 3 is 2.02 bits per heavy atom. The topological polar surface area (TPSA) is 12.5 Å². The lowest BCUT2D eigenvalue weighted by Crippen LogP contribution is -2.12. The van der Waals surface area contributed by atoms with Gasteiger partial charge in [0.1, 0.15) is 5.75 Å². The van der Waals surface area contributed by atoms with Crippen molar-refractivity contribution in [3.8, 4) is 44.9 Å². The summed E-state index contributed by atoms with van der Waals surface area (Å²) in [5.41, 5.74) is -0.0350. The number of nitrogens with zero attached hydrogens (tertiary/aromatic N) is 1. The molecule has 0 saturated heterocycles. The quantitative estimate of drug-likeness (QED) is 0.175. The van der Waals surface area contributed by atoms with E-state index in [9.17, 15) is 9.60 Å². The highest BCUT2D eigenvalue weighted by Gasteiger charge is 2.28. The molecule has 10 rings (SSSR count). The summed E-state index contributed by atoms with van der Waals surface area (Å²) < 4.78 is 169. The predicted octanol–water partition coefficient (Wildman–Crippen LogP) is 13.7. The molecule has 0 aromatic heterocycles. The lowest BCUT2D eigenvalue weighted by Gasteiger charge is -2.30. The van der Waals surface area contributed by atoms with Crippen LogP contribution in [0.3, 0.4) is 0 Å². The third-order valence-electron chi connectivity index (χ3n) is 8.74. The van der Waals surface area contributed by atoms with E-state index in [1.165, 1.54) is 6.07 Å². The molecule has 0 N–H and O–H groups in total. The number of hydrogen-bond acceptors (Lipinski definition) is 2. The average Bonchev–Trinajstić information content (AvgIpc) is 3.49. The Morgan fingerprint density at radius 1 is 0.440 bits per heavy atom. The Hall–Kier alpha value is -6.64. The fourth-order valence-corrected chi connectivity index (χ4v) is 6.57. The van der Waals surface area contributed by atoms with Crippen molar-refractivity contribution in [1.29, 1.82) is 0 Å². The first-order valence-corrected chi connectivity index (χ1v) is 15.6. The van der Waals surface area contributed by atoms with Crippen molar-refractivity contribution in [3.05, 3.63) is 188 Å². The van der Waals surface area contributed by atoms with Crippen molar-refractivity contribution in [2.24, 2.45) is 0 Å². The lowest BCUT2D eigenvalue weighted by atomic mass is 9.89. The Morgan fingerprint density at radius 2 is 1.14 bits per heavy atom. The van der Waals surface area contributed by atoms with Crippen LogP contribution in [0.5, 0.6) is 11.5 Å². The van der Waals surface area contributed by atoms with Gasteiger partial charge in [0.2, 0.25) is 0 Å². The number of rotatable bonds is 4. The van der Waals surface area contributed by atoms with Crippen LogP contribution in [0.2, 0.25) is 0 Å². The molecule has 2 heteroatoms. The number of ether oxygens (including phenoxy) is 1. The molecule has 0 fully saturated rings. The Balaban J connectivity index is 1.45. The van der Waals surface area contributed by atoms with Crippen LogP contribution in [0.25, 0.3) is 65.7 Å². The number of fused-ring (bicyclic) bond motifs is 10. The van der Waals surface area contributed by atoms with Gasteiger partial charge in [0.05, 0.1) is 36.0 Å². The van der Waals surface area contributed by atoms with Crippen molar-refractivity contribution in [2.45, 2.75) is 0 Å². The zero-order valence-corrected chi connectivity index (χ0v) is 25.9. The van der Waals surface area contributed by atoms with Gasteiger partial charge in [-0.15, -0.1) is 0 Å². The second-order valence-corrected chi connectivity index (χ2v) is 11.5. The first-order valence-electron chi connectivity index (χ1n) is 24.6. The Labute approximate surface area is 316 Å². The molecular formula is C48H31NO. The average molecular weight is 656 g/mol. The van der Waals surface area contributed by atoms with E-state index in [2.05, 4.69) is 0 Å². The summed E-state index contributed by atoms with van der Waals surface area (Å²) in [6, 6.07) is 9.25. The molecule has 0 atom stereocenters. The van der Waals surface area contributed by atoms with Gasteiger partial charge >= 0.3 is 0 Å². The normalized spacial score (nSPS) is 16.8. The largest absolute Gasteiger partial charge is 0.454 e. The zero-order valence-electron chi connectivity index (χ0n) is 43.9. The highest BCUT2D eigenvalue weighted by atomic mass is 16.5. The SMILES string of the molecule is [2H]c1c([2H])c([2H])c(-c2c([2H])c([2H])c(N(c3cccc4c3Oc3ccccc3-c3ccc5ccccc5c3-4)c3c([2H])c4c([2H])c([2H])c([2H])c([2H])c4c4c([2H])c([2H])c([2H])c([2H])c34)c([2H])c2[2H])c([2H])c1[2H]. The van der Waals surface area contributed by atoms with Crippen LogP contribution in [0.15, 0.2) is 188 Å². The number of hydrogen-bond donors (Lipinski definition) is 0. The summed E-state index contributed by atoms with van der Waals surface area (Å²) in [7, 11) is 0. The lowest BCUT2D eigenvalue weighted by molar-refractivity contribution is 0.489. The molecule has 1 heterocycles. The van der Waals surface area contributed by atoms with Gasteiger partial charge in [0, 0.05) is 27.8 Å². The first kappa shape index (κ1) is 15.7. The maximum Gasteiger partial charge on any atom is 0.159 e. The molecule has 0 aliphatic carbocycles. The van der Waals surface area contributed by atoms with Crippen LogP contribution in [0.4, 0.5) is 17.1 Å². The van der Waals surface area contributed by atoms with Crippen molar-refractivity contribution >= 4 is 49.4 Å². The number of benzene rings is 9. The Bertz CT molecular complexity index is 3720. The standard InChI is InChI=1S/C48H31NO/c1-2-13-32(14-3-1)33-25-28-36(29-26-33)49(45-31-35-16-5-6-17-37(35)39-19-8-9-20-40(39)45)44-23-12-22-43-47-38-18-7-4-15-34(38)27-30-42(47)41-21-10-11-24-46(41)50-48(43)44/h1-31H/i1D,2D,3D,5D,6D,8D,9D,13D,14D,16D,17D,19D,20D,25D,26D,28D,29D,31D. The maximum absolute atomic E-state index is 10.0. The molecule has 9 aromatic rings. The summed E-state index contributed by atoms with van der Waals surface area (Å²) in [5.74, 6) is 0.349. The van der Waals surface area contributed by atoms with Crippen LogP contribution in [0.1, 0.15) is 24.7 Å². The molecule has 0 spiro atoms. The summed E-state index contributed by atoms with van der Waals surface area (Å²) in [6.45, 7) is 0. The molecule has 1 aliphatic rings. The molecule has 9 aromatic carbocycles. The van der Waals surface area contributed by atoms with Gasteiger partial charge in [-0.25, -0.2) is 0 Å². The first-order chi connectivity index (χ1) is 32.3. The summed E-state index contributed by atoms with van der Waals surface area (Å²) in [6.07, 6.45) is 0. The second-order valence-electron chi connectivity index (χ2n) is 11.5. The van der Waals surface area contributed by atoms with E-state index in [4.69, 9.17) is 19.8 Å². The van der Waals surface area contributed by atoms with Gasteiger partial charge in [-0.2, -0.15) is 0 Å². The van der Waals surface area contributed by atoms with Gasteiger partial charge in [0.15, 0.2) is 5.75 Å². The van der Waals surface area contributed by atoms with Gasteiger partial charge in [-0.1, -0.05) is 157 Å². The van der Waals surface area contributed by atoms with Crippen molar-refractivity contribution in [1.82, 2.24) is 0 Å². The molecule has 50 heavy (non-hydrogen) atoms. The Kier molecular flexibility index (Phi) is 3.62. The fourth-order valence-electron chi connectivity index (χ4n) is 6.57. The van der Waals surface area contributed by atoms with Crippen LogP contribution in [-0.2, 0) is 0 Å². The smallest absolute Gasteiger partial charge is 0.159 e. The third kappa shape index (κ3) is 4.50. The zero-order chi connectivity index (χ0) is 48.7. The number of anilines is 3. The summed E-state index contributed by atoms with van der Waals surface area (Å²) >= 11 is 0. The minimum Gasteiger partial charge on any atom is -0.454 e. The number of para-hydroxylation sites is 2. The van der Waals surface area contributed by atoms with E-state index < -0.39 is 153 Å². The minimum absolute atomic E-state index is 0.0186. The molecular weight excluding hydrogens is 607 g/mol. The van der Waals surface area contributed by atoms with Gasteiger partial charge < -0.3 is 9.64 Å². The molecule has 234 valence electrons. The van der Waals surface area contributed by atoms with E-state index >= 15 is 0 Å². The van der Waals surface area contributed by atoms with Gasteiger partial charge in [-0.3, -0.25) is 0 Å². The molecule has 0 saturated carbocycles. The summed E-state index contributed by atoms with van der Waals surface area (Å²) in [5, 5.41) is -0.151. The molecule has 0 radical (unpaired) electrons. The highest BCUT2D eigenvalue weighted by molar-refractivity contribution is 6.15. The van der Waals surface area contributed by atoms with Crippen molar-refractivity contribution in [2.75, 3.05) is 4.90 Å². The van der Waals surface area contributed by atoms with Crippen LogP contribution < -0.4 is 9.64 Å². The van der Waals surface area contributed by atoms with E-state index in [1.807, 2.05) is 48.5 Å². The second kappa shape index (κ2) is 11.5. The van der Waals surface area contributed by atoms with E-state index in [0.717, 1.165) is 21.2 Å². The predicted molar refractivity (Wildman–Crippen MR) is 210 cm³/mol. The molecule has 0 amide bonds. The van der Waals surface area contributed by atoms with Crippen LogP contribution in [0, 0.1) is 0 Å². The van der Waals surface area contributed by atoms with E-state index in [0.29, 0.717) is 22.4 Å². The van der Waals surface area contributed by atoms with Crippen LogP contribution >= 0.6 is 0 Å². The highest BCUT2D eigenvalue weighted by Crippen LogP contribution is 2.55. The molecule has 1 aliphatic heterocycles. The fraction of sp³-hybridized carbons (Fsp3) is 0. The minimum atomic E-state index is -0.881. The van der Waals surface area contributed by atoms with Crippen LogP contribution in [-0.4, -0.2) is 0 Å². The van der Waals surface area contributed by atoms with E-state index in [1.54, 1.807) is 24.3 Å². The molecule has 0 bridgehead atoms. The van der Waals surface area contributed by atoms with Crippen molar-refractivity contribution in [3.63, 3.8) is 0 Å².